The lowest BCUT2D eigenvalue weighted by atomic mass is 10.1. The molecule has 0 spiro atoms. The van der Waals surface area contributed by atoms with Gasteiger partial charge < -0.3 is 20.7 Å². The summed E-state index contributed by atoms with van der Waals surface area (Å²) in [4.78, 5) is 10.8. The van der Waals surface area contributed by atoms with Crippen molar-refractivity contribution in [3.8, 4) is 17.2 Å². The number of carboxylic acid groups (broad SMARTS) is 1. The van der Waals surface area contributed by atoms with Crippen molar-refractivity contribution in [2.45, 2.75) is 12.5 Å². The standard InChI is InChI=1S/C15H12I3NO4/c16-9-3-7(4-12(19)15(21)22)1-2-13(9)23-8-5-10(17)14(20)11(18)6-8/h1-3,5-6,12,20H,4,19H2,(H,21,22). The molecule has 2 aromatic carbocycles. The minimum absolute atomic E-state index is 0.242. The van der Waals surface area contributed by atoms with Gasteiger partial charge in [0.15, 0.2) is 0 Å². The number of nitrogens with two attached hydrogens (primary N) is 1. The highest BCUT2D eigenvalue weighted by molar-refractivity contribution is 14.1. The quantitative estimate of drug-likeness (QED) is 0.427. The number of halogens is 3. The van der Waals surface area contributed by atoms with Crippen LogP contribution in [0.5, 0.6) is 17.2 Å². The summed E-state index contributed by atoms with van der Waals surface area (Å²) in [7, 11) is 0. The maximum Gasteiger partial charge on any atom is 0.320 e. The Balaban J connectivity index is 2.20. The molecule has 0 aromatic heterocycles. The van der Waals surface area contributed by atoms with Gasteiger partial charge in [0.2, 0.25) is 0 Å². The van der Waals surface area contributed by atoms with Gasteiger partial charge in [0.1, 0.15) is 23.3 Å². The van der Waals surface area contributed by atoms with E-state index in [2.05, 4.69) is 22.6 Å². The third kappa shape index (κ3) is 5.06. The average molecular weight is 651 g/mol. The second-order valence-corrected chi connectivity index (χ2v) is 8.24. The summed E-state index contributed by atoms with van der Waals surface area (Å²) in [5, 5.41) is 18.6. The number of hydrogen-bond donors (Lipinski definition) is 3. The largest absolute Gasteiger partial charge is 0.506 e. The fraction of sp³-hybridized carbons (Fsp3) is 0.133. The average Bonchev–Trinajstić information content (AvgIpc) is 2.47. The number of benzene rings is 2. The Morgan fingerprint density at radius 1 is 1.13 bits per heavy atom. The summed E-state index contributed by atoms with van der Waals surface area (Å²) in [5.41, 5.74) is 6.39. The molecular formula is C15H12I3NO4. The molecule has 0 saturated heterocycles. The van der Waals surface area contributed by atoms with Gasteiger partial charge in [-0.15, -0.1) is 0 Å². The third-order valence-electron chi connectivity index (χ3n) is 2.99. The number of carboxylic acids is 1. The van der Waals surface area contributed by atoms with Crippen LogP contribution in [0.4, 0.5) is 0 Å². The van der Waals surface area contributed by atoms with Gasteiger partial charge in [0, 0.05) is 0 Å². The molecular weight excluding hydrogens is 639 g/mol. The maximum absolute atomic E-state index is 10.8. The molecule has 8 heteroatoms. The van der Waals surface area contributed by atoms with Crippen molar-refractivity contribution < 1.29 is 19.7 Å². The highest BCUT2D eigenvalue weighted by atomic mass is 127. The lowest BCUT2D eigenvalue weighted by Crippen LogP contribution is -2.32. The van der Waals surface area contributed by atoms with Crippen LogP contribution < -0.4 is 10.5 Å². The van der Waals surface area contributed by atoms with Crippen LogP contribution in [0.15, 0.2) is 30.3 Å². The molecule has 2 rings (SSSR count). The molecule has 2 aromatic rings. The van der Waals surface area contributed by atoms with Gasteiger partial charge in [-0.2, -0.15) is 0 Å². The summed E-state index contributed by atoms with van der Waals surface area (Å²) < 4.78 is 8.14. The van der Waals surface area contributed by atoms with Crippen molar-refractivity contribution in [3.63, 3.8) is 0 Å². The normalized spacial score (nSPS) is 12.0. The van der Waals surface area contributed by atoms with Crippen LogP contribution in [0.25, 0.3) is 0 Å². The minimum Gasteiger partial charge on any atom is -0.506 e. The van der Waals surface area contributed by atoms with Crippen molar-refractivity contribution >= 4 is 73.7 Å². The summed E-state index contributed by atoms with van der Waals surface area (Å²) in [5.74, 6) is 0.514. The first kappa shape index (κ1) is 19.0. The van der Waals surface area contributed by atoms with E-state index in [0.717, 1.165) is 9.13 Å². The highest BCUT2D eigenvalue weighted by Crippen LogP contribution is 2.34. The zero-order chi connectivity index (χ0) is 17.1. The molecule has 122 valence electrons. The van der Waals surface area contributed by atoms with Gasteiger partial charge in [0.25, 0.3) is 0 Å². The van der Waals surface area contributed by atoms with E-state index in [0.29, 0.717) is 18.6 Å². The molecule has 0 heterocycles. The molecule has 0 aliphatic heterocycles. The first-order valence-corrected chi connectivity index (χ1v) is 9.64. The fourth-order valence-electron chi connectivity index (χ4n) is 1.82. The van der Waals surface area contributed by atoms with Crippen molar-refractivity contribution in [1.29, 1.82) is 0 Å². The van der Waals surface area contributed by atoms with E-state index in [9.17, 15) is 9.90 Å². The smallest absolute Gasteiger partial charge is 0.320 e. The Kier molecular flexibility index (Phi) is 6.74. The van der Waals surface area contributed by atoms with E-state index in [1.807, 2.05) is 51.2 Å². The molecule has 1 atom stereocenters. The van der Waals surface area contributed by atoms with Crippen molar-refractivity contribution in [2.24, 2.45) is 5.73 Å². The number of hydrogen-bond acceptors (Lipinski definition) is 4. The molecule has 0 amide bonds. The first-order chi connectivity index (χ1) is 10.8. The van der Waals surface area contributed by atoms with Gasteiger partial charge in [0.05, 0.1) is 10.7 Å². The molecule has 23 heavy (non-hydrogen) atoms. The number of phenolic OH excluding ortho intramolecular Hbond substituents is 1. The number of phenols is 1. The minimum atomic E-state index is -1.02. The van der Waals surface area contributed by atoms with E-state index < -0.39 is 12.0 Å². The zero-order valence-corrected chi connectivity index (χ0v) is 18.1. The second kappa shape index (κ2) is 8.16. The molecule has 5 nitrogen and oxygen atoms in total. The Bertz CT molecular complexity index is 728. The van der Waals surface area contributed by atoms with E-state index in [4.69, 9.17) is 15.6 Å². The topological polar surface area (TPSA) is 92.8 Å². The molecule has 4 N–H and O–H groups in total. The number of aromatic hydroxyl groups is 1. The summed E-state index contributed by atoms with van der Waals surface area (Å²) in [6, 6.07) is 8.03. The first-order valence-electron chi connectivity index (χ1n) is 6.40. The van der Waals surface area contributed by atoms with Crippen LogP contribution in [0, 0.1) is 10.7 Å². The Labute approximate surface area is 174 Å². The Morgan fingerprint density at radius 2 is 1.74 bits per heavy atom. The van der Waals surface area contributed by atoms with Crippen LogP contribution >= 0.6 is 67.8 Å². The van der Waals surface area contributed by atoms with Gasteiger partial charge in [-0.25, -0.2) is 0 Å². The summed E-state index contributed by atoms with van der Waals surface area (Å²) >= 11 is 6.23. The Hall–Kier alpha value is -0.340. The van der Waals surface area contributed by atoms with E-state index in [1.54, 1.807) is 24.3 Å². The van der Waals surface area contributed by atoms with Gasteiger partial charge in [-0.1, -0.05) is 6.07 Å². The lowest BCUT2D eigenvalue weighted by molar-refractivity contribution is -0.138. The maximum atomic E-state index is 10.8. The molecule has 0 fully saturated rings. The van der Waals surface area contributed by atoms with Crippen LogP contribution in [0.1, 0.15) is 5.56 Å². The van der Waals surface area contributed by atoms with Crippen LogP contribution in [-0.4, -0.2) is 22.2 Å². The molecule has 1 unspecified atom stereocenters. The molecule has 0 radical (unpaired) electrons. The van der Waals surface area contributed by atoms with Crippen molar-refractivity contribution in [3.05, 3.63) is 46.6 Å². The van der Waals surface area contributed by atoms with Gasteiger partial charge in [-0.3, -0.25) is 4.79 Å². The lowest BCUT2D eigenvalue weighted by Gasteiger charge is -2.12. The zero-order valence-electron chi connectivity index (χ0n) is 11.6. The monoisotopic (exact) mass is 651 g/mol. The molecule has 0 saturated carbocycles. The number of ether oxygens (including phenoxy) is 1. The molecule has 0 aliphatic carbocycles. The SMILES string of the molecule is NC(Cc1ccc(Oc2cc(I)c(O)c(I)c2)c(I)c1)C(=O)O. The van der Waals surface area contributed by atoms with Crippen molar-refractivity contribution in [2.75, 3.05) is 0 Å². The third-order valence-corrected chi connectivity index (χ3v) is 5.47. The van der Waals surface area contributed by atoms with Gasteiger partial charge in [-0.05, 0) is 104 Å². The van der Waals surface area contributed by atoms with E-state index >= 15 is 0 Å². The second-order valence-electron chi connectivity index (χ2n) is 4.75. The number of carbonyl (C=O) groups is 1. The summed E-state index contributed by atoms with van der Waals surface area (Å²) in [6.07, 6.45) is 0.265. The van der Waals surface area contributed by atoms with Gasteiger partial charge >= 0.3 is 5.97 Å². The summed E-state index contributed by atoms with van der Waals surface area (Å²) in [6.45, 7) is 0. The number of aliphatic carboxylic acids is 1. The van der Waals surface area contributed by atoms with E-state index in [-0.39, 0.29) is 12.2 Å². The van der Waals surface area contributed by atoms with Crippen molar-refractivity contribution in [1.82, 2.24) is 0 Å². The molecule has 0 bridgehead atoms. The predicted molar refractivity (Wildman–Crippen MR) is 112 cm³/mol. The van der Waals surface area contributed by atoms with E-state index in [1.165, 1.54) is 0 Å². The molecule has 0 aliphatic rings. The predicted octanol–water partition coefficient (Wildman–Crippen LogP) is 3.95. The van der Waals surface area contributed by atoms with Crippen LogP contribution in [0.2, 0.25) is 0 Å². The fourth-order valence-corrected chi connectivity index (χ4v) is 4.22. The highest BCUT2D eigenvalue weighted by Gasteiger charge is 2.14. The number of rotatable bonds is 5. The van der Waals surface area contributed by atoms with Crippen LogP contribution in [0.3, 0.4) is 0 Å². The Morgan fingerprint density at radius 3 is 2.26 bits per heavy atom. The van der Waals surface area contributed by atoms with Crippen LogP contribution in [-0.2, 0) is 11.2 Å².